The topological polar surface area (TPSA) is 51.0 Å². The van der Waals surface area contributed by atoms with Gasteiger partial charge in [-0.15, -0.1) is 16.7 Å². The third kappa shape index (κ3) is 3.67. The summed E-state index contributed by atoms with van der Waals surface area (Å²) in [6.07, 6.45) is 2.91. The summed E-state index contributed by atoms with van der Waals surface area (Å²) in [5, 5.41) is 11.1. The molecule has 1 atom stereocenters. The van der Waals surface area contributed by atoms with Crippen LogP contribution in [0.1, 0.15) is 39.5 Å². The maximum atomic E-state index is 5.60. The molecule has 0 amide bonds. The molecule has 0 aliphatic rings. The first kappa shape index (κ1) is 13.3. The van der Waals surface area contributed by atoms with E-state index in [9.17, 15) is 0 Å². The van der Waals surface area contributed by atoms with Crippen molar-refractivity contribution >= 4 is 17.6 Å². The Kier molecular flexibility index (Phi) is 5.60. The second-order valence-electron chi connectivity index (χ2n) is 3.95. The van der Waals surface area contributed by atoms with Gasteiger partial charge in [0.2, 0.25) is 5.89 Å². The molecule has 5 heteroatoms. The average Bonchev–Trinajstić information content (AvgIpc) is 2.68. The predicted octanol–water partition coefficient (Wildman–Crippen LogP) is 3.09. The number of alkyl halides is 1. The van der Waals surface area contributed by atoms with Crippen LogP contribution in [0.4, 0.5) is 6.01 Å². The van der Waals surface area contributed by atoms with Crippen LogP contribution in [0, 0.1) is 5.92 Å². The van der Waals surface area contributed by atoms with Crippen molar-refractivity contribution in [1.29, 1.82) is 0 Å². The number of aromatic nitrogens is 2. The van der Waals surface area contributed by atoms with Gasteiger partial charge in [0.25, 0.3) is 0 Å². The molecule has 92 valence electrons. The fourth-order valence-electron chi connectivity index (χ4n) is 1.80. The van der Waals surface area contributed by atoms with Gasteiger partial charge in [0.05, 0.1) is 0 Å². The molecule has 1 rings (SSSR count). The highest BCUT2D eigenvalue weighted by atomic mass is 35.5. The molecule has 0 saturated carbocycles. The summed E-state index contributed by atoms with van der Waals surface area (Å²) in [6, 6.07) is 0.846. The Hall–Kier alpha value is -0.770. The molecule has 4 nitrogen and oxygen atoms in total. The van der Waals surface area contributed by atoms with E-state index in [1.807, 2.05) is 0 Å². The first-order valence-corrected chi connectivity index (χ1v) is 6.39. The van der Waals surface area contributed by atoms with Crippen molar-refractivity contribution in [2.45, 2.75) is 46.1 Å². The Morgan fingerprint density at radius 3 is 2.56 bits per heavy atom. The van der Waals surface area contributed by atoms with Crippen LogP contribution in [0.25, 0.3) is 0 Å². The number of halogens is 1. The molecule has 0 bridgehead atoms. The van der Waals surface area contributed by atoms with Crippen LogP contribution < -0.4 is 5.32 Å². The molecule has 0 aromatic carbocycles. The number of nitrogens with one attached hydrogen (secondary N) is 1. The zero-order chi connectivity index (χ0) is 12.0. The smallest absolute Gasteiger partial charge is 0.315 e. The molecule has 1 heterocycles. The van der Waals surface area contributed by atoms with E-state index in [-0.39, 0.29) is 0 Å². The lowest BCUT2D eigenvalue weighted by molar-refractivity contribution is 0.422. The maximum Gasteiger partial charge on any atom is 0.315 e. The Morgan fingerprint density at radius 2 is 2.00 bits per heavy atom. The molecule has 0 radical (unpaired) electrons. The van der Waals surface area contributed by atoms with Crippen LogP contribution >= 0.6 is 11.6 Å². The SMILES string of the molecule is CCC(CC)C(C)Nc1nnc(CCCl)o1. The minimum Gasteiger partial charge on any atom is -0.408 e. The first-order valence-electron chi connectivity index (χ1n) is 5.86. The summed E-state index contributed by atoms with van der Waals surface area (Å²) >= 11 is 5.60. The van der Waals surface area contributed by atoms with Gasteiger partial charge in [0, 0.05) is 18.3 Å². The van der Waals surface area contributed by atoms with Crippen molar-refractivity contribution < 1.29 is 4.42 Å². The monoisotopic (exact) mass is 245 g/mol. The molecule has 0 aliphatic carbocycles. The van der Waals surface area contributed by atoms with Gasteiger partial charge in [0.1, 0.15) is 0 Å². The zero-order valence-corrected chi connectivity index (χ0v) is 10.9. The number of anilines is 1. The van der Waals surface area contributed by atoms with E-state index in [4.69, 9.17) is 16.0 Å². The van der Waals surface area contributed by atoms with E-state index in [1.54, 1.807) is 0 Å². The molecule has 0 aliphatic heterocycles. The number of nitrogens with zero attached hydrogens (tertiary/aromatic N) is 2. The molecule has 1 unspecified atom stereocenters. The lowest BCUT2D eigenvalue weighted by Gasteiger charge is -2.20. The molecule has 1 aromatic rings. The van der Waals surface area contributed by atoms with Crippen molar-refractivity contribution in [1.82, 2.24) is 10.2 Å². The van der Waals surface area contributed by atoms with Gasteiger partial charge in [-0.3, -0.25) is 0 Å². The third-order valence-corrected chi connectivity index (χ3v) is 3.07. The quantitative estimate of drug-likeness (QED) is 0.750. The highest BCUT2D eigenvalue weighted by Gasteiger charge is 2.15. The van der Waals surface area contributed by atoms with Crippen LogP contribution in [-0.2, 0) is 6.42 Å². The molecule has 16 heavy (non-hydrogen) atoms. The second-order valence-corrected chi connectivity index (χ2v) is 4.33. The second kappa shape index (κ2) is 6.74. The van der Waals surface area contributed by atoms with Crippen molar-refractivity contribution in [3.05, 3.63) is 5.89 Å². The van der Waals surface area contributed by atoms with Gasteiger partial charge in [-0.2, -0.15) is 0 Å². The minimum atomic E-state index is 0.347. The highest BCUT2D eigenvalue weighted by molar-refractivity contribution is 6.17. The fraction of sp³-hybridized carbons (Fsp3) is 0.818. The van der Waals surface area contributed by atoms with Crippen LogP contribution in [-0.4, -0.2) is 22.1 Å². The van der Waals surface area contributed by atoms with E-state index >= 15 is 0 Å². The summed E-state index contributed by atoms with van der Waals surface area (Å²) in [5.41, 5.74) is 0. The molecule has 0 saturated heterocycles. The summed E-state index contributed by atoms with van der Waals surface area (Å²) in [7, 11) is 0. The van der Waals surface area contributed by atoms with Crippen LogP contribution in [0.5, 0.6) is 0 Å². The summed E-state index contributed by atoms with van der Waals surface area (Å²) < 4.78 is 5.42. The van der Waals surface area contributed by atoms with Crippen LogP contribution in [0.2, 0.25) is 0 Å². The van der Waals surface area contributed by atoms with Crippen LogP contribution in [0.15, 0.2) is 4.42 Å². The van der Waals surface area contributed by atoms with Gasteiger partial charge < -0.3 is 9.73 Å². The van der Waals surface area contributed by atoms with Crippen molar-refractivity contribution in [3.63, 3.8) is 0 Å². The Bertz CT molecular complexity index is 299. The summed E-state index contributed by atoms with van der Waals surface area (Å²) in [6.45, 7) is 6.53. The molecule has 1 N–H and O–H groups in total. The van der Waals surface area contributed by atoms with Gasteiger partial charge in [0.15, 0.2) is 0 Å². The zero-order valence-electron chi connectivity index (χ0n) is 10.2. The van der Waals surface area contributed by atoms with E-state index in [2.05, 4.69) is 36.3 Å². The normalized spacial score (nSPS) is 13.1. The standard InChI is InChI=1S/C11H20ClN3O/c1-4-9(5-2)8(3)13-11-15-14-10(16-11)6-7-12/h8-9H,4-7H2,1-3H3,(H,13,15). The molecule has 0 fully saturated rings. The van der Waals surface area contributed by atoms with Gasteiger partial charge in [-0.05, 0) is 12.8 Å². The van der Waals surface area contributed by atoms with Gasteiger partial charge in [-0.1, -0.05) is 31.8 Å². The van der Waals surface area contributed by atoms with Crippen molar-refractivity contribution in [2.24, 2.45) is 5.92 Å². The Labute approximate surface area is 102 Å². The highest BCUT2D eigenvalue weighted by Crippen LogP contribution is 2.17. The largest absolute Gasteiger partial charge is 0.408 e. The summed E-state index contributed by atoms with van der Waals surface area (Å²) in [4.78, 5) is 0. The number of rotatable bonds is 7. The molecular weight excluding hydrogens is 226 g/mol. The van der Waals surface area contributed by atoms with E-state index in [1.165, 1.54) is 0 Å². The summed E-state index contributed by atoms with van der Waals surface area (Å²) in [5.74, 6) is 1.72. The lowest BCUT2D eigenvalue weighted by Crippen LogP contribution is -2.25. The van der Waals surface area contributed by atoms with Crippen LogP contribution in [0.3, 0.4) is 0 Å². The van der Waals surface area contributed by atoms with Crippen molar-refractivity contribution in [2.75, 3.05) is 11.2 Å². The lowest BCUT2D eigenvalue weighted by atomic mass is 9.96. The Balaban J connectivity index is 2.51. The van der Waals surface area contributed by atoms with Crippen molar-refractivity contribution in [3.8, 4) is 0 Å². The predicted molar refractivity (Wildman–Crippen MR) is 65.9 cm³/mol. The van der Waals surface area contributed by atoms with Gasteiger partial charge in [-0.25, -0.2) is 0 Å². The van der Waals surface area contributed by atoms with E-state index in [0.717, 1.165) is 12.8 Å². The average molecular weight is 246 g/mol. The molecule has 0 spiro atoms. The van der Waals surface area contributed by atoms with E-state index < -0.39 is 0 Å². The Morgan fingerprint density at radius 1 is 1.31 bits per heavy atom. The number of aryl methyl sites for hydroxylation is 1. The first-order chi connectivity index (χ1) is 7.71. The van der Waals surface area contributed by atoms with E-state index in [0.29, 0.717) is 36.2 Å². The van der Waals surface area contributed by atoms with Gasteiger partial charge >= 0.3 is 6.01 Å². The minimum absolute atomic E-state index is 0.347. The molecular formula is C11H20ClN3O. The molecule has 1 aromatic heterocycles. The third-order valence-electron chi connectivity index (χ3n) is 2.88. The maximum absolute atomic E-state index is 5.60. The fourth-order valence-corrected chi connectivity index (χ4v) is 1.96. The number of hydrogen-bond donors (Lipinski definition) is 1. The number of hydrogen-bond acceptors (Lipinski definition) is 4.